The van der Waals surface area contributed by atoms with Crippen molar-refractivity contribution in [2.45, 2.75) is 31.6 Å². The number of nitrogens with one attached hydrogen (secondary N) is 1. The second-order valence-electron chi connectivity index (χ2n) is 5.80. The maximum atomic E-state index is 13.2. The molecule has 2 aromatic heterocycles. The van der Waals surface area contributed by atoms with Gasteiger partial charge in [0.15, 0.2) is 5.16 Å². The Labute approximate surface area is 168 Å². The van der Waals surface area contributed by atoms with Crippen LogP contribution in [0.2, 0.25) is 5.02 Å². The number of carbonyl (C=O) groups is 1. The van der Waals surface area contributed by atoms with Gasteiger partial charge < -0.3 is 5.32 Å². The van der Waals surface area contributed by atoms with Gasteiger partial charge in [0.2, 0.25) is 5.91 Å². The summed E-state index contributed by atoms with van der Waals surface area (Å²) in [6.45, 7) is 2.79. The van der Waals surface area contributed by atoms with Crippen molar-refractivity contribution >= 4 is 50.8 Å². The molecule has 142 valence electrons. The Morgan fingerprint density at radius 1 is 1.41 bits per heavy atom. The molecular formula is C18H17ClFN3O2S2. The van der Waals surface area contributed by atoms with Crippen molar-refractivity contribution < 1.29 is 9.18 Å². The molecule has 1 N–H and O–H groups in total. The summed E-state index contributed by atoms with van der Waals surface area (Å²) >= 11 is 8.34. The number of hydrogen-bond donors (Lipinski definition) is 1. The molecule has 3 rings (SSSR count). The summed E-state index contributed by atoms with van der Waals surface area (Å²) in [6.07, 6.45) is 0.795. The molecule has 9 heteroatoms. The molecular weight excluding hydrogens is 409 g/mol. The van der Waals surface area contributed by atoms with Crippen LogP contribution in [0.25, 0.3) is 10.2 Å². The molecule has 5 nitrogen and oxygen atoms in total. The molecule has 1 aromatic carbocycles. The van der Waals surface area contributed by atoms with Gasteiger partial charge in [0.25, 0.3) is 5.56 Å². The number of thioether (sulfide) groups is 1. The minimum Gasteiger partial charge on any atom is -0.351 e. The van der Waals surface area contributed by atoms with Crippen LogP contribution in [0.4, 0.5) is 4.39 Å². The lowest BCUT2D eigenvalue weighted by molar-refractivity contribution is -0.118. The number of thiophene rings is 1. The van der Waals surface area contributed by atoms with Gasteiger partial charge in [-0.2, -0.15) is 0 Å². The van der Waals surface area contributed by atoms with Gasteiger partial charge in [-0.1, -0.05) is 36.4 Å². The van der Waals surface area contributed by atoms with Crippen molar-refractivity contribution in [3.8, 4) is 0 Å². The first kappa shape index (κ1) is 19.9. The van der Waals surface area contributed by atoms with Gasteiger partial charge in [0.1, 0.15) is 10.5 Å². The maximum absolute atomic E-state index is 13.2. The monoisotopic (exact) mass is 425 g/mol. The lowest BCUT2D eigenvalue weighted by Gasteiger charge is -2.11. The normalized spacial score (nSPS) is 11.1. The summed E-state index contributed by atoms with van der Waals surface area (Å²) < 4.78 is 15.4. The largest absolute Gasteiger partial charge is 0.351 e. The van der Waals surface area contributed by atoms with E-state index in [1.807, 2.05) is 12.3 Å². The number of carbonyl (C=O) groups excluding carboxylic acids is 1. The van der Waals surface area contributed by atoms with Gasteiger partial charge in [-0.3, -0.25) is 14.2 Å². The van der Waals surface area contributed by atoms with Crippen LogP contribution in [0.5, 0.6) is 0 Å². The zero-order valence-corrected chi connectivity index (χ0v) is 16.9. The second kappa shape index (κ2) is 8.86. The number of halogens is 2. The standard InChI is InChI=1S/C18H17ClFN3O2S2/c1-2-6-23-17(25)16-14(5-7-26-16)22-18(23)27-10-15(24)21-9-11-3-4-13(20)12(19)8-11/h3-5,7-8H,2,6,9-10H2,1H3,(H,21,24). The summed E-state index contributed by atoms with van der Waals surface area (Å²) in [7, 11) is 0. The van der Waals surface area contributed by atoms with Crippen LogP contribution in [0, 0.1) is 5.82 Å². The number of fused-ring (bicyclic) bond motifs is 1. The highest BCUT2D eigenvalue weighted by Crippen LogP contribution is 2.21. The van der Waals surface area contributed by atoms with E-state index in [0.717, 1.165) is 6.42 Å². The number of aromatic nitrogens is 2. The molecule has 0 saturated carbocycles. The number of nitrogens with zero attached hydrogens (tertiary/aromatic N) is 2. The Hall–Kier alpha value is -1.90. The summed E-state index contributed by atoms with van der Waals surface area (Å²) in [5.41, 5.74) is 1.29. The van der Waals surface area contributed by atoms with Crippen molar-refractivity contribution in [3.05, 3.63) is 56.4 Å². The van der Waals surface area contributed by atoms with Crippen molar-refractivity contribution in [2.24, 2.45) is 0 Å². The zero-order chi connectivity index (χ0) is 19.4. The predicted molar refractivity (Wildman–Crippen MR) is 108 cm³/mol. The van der Waals surface area contributed by atoms with E-state index in [1.165, 1.54) is 35.2 Å². The Kier molecular flexibility index (Phi) is 6.51. The average Bonchev–Trinajstić information content (AvgIpc) is 3.12. The Balaban J connectivity index is 1.66. The van der Waals surface area contributed by atoms with E-state index in [1.54, 1.807) is 16.7 Å². The quantitative estimate of drug-likeness (QED) is 0.458. The minimum absolute atomic E-state index is 0.0213. The van der Waals surface area contributed by atoms with Crippen LogP contribution in [-0.2, 0) is 17.9 Å². The van der Waals surface area contributed by atoms with E-state index in [0.29, 0.717) is 27.5 Å². The van der Waals surface area contributed by atoms with Gasteiger partial charge in [0, 0.05) is 13.1 Å². The molecule has 0 fully saturated rings. The van der Waals surface area contributed by atoms with Crippen molar-refractivity contribution in [1.29, 1.82) is 0 Å². The Bertz CT molecular complexity index is 1040. The Morgan fingerprint density at radius 2 is 2.22 bits per heavy atom. The molecule has 1 amide bonds. The van der Waals surface area contributed by atoms with Crippen LogP contribution in [0.3, 0.4) is 0 Å². The lowest BCUT2D eigenvalue weighted by atomic mass is 10.2. The van der Waals surface area contributed by atoms with Crippen molar-refractivity contribution in [3.63, 3.8) is 0 Å². The highest BCUT2D eigenvalue weighted by atomic mass is 35.5. The van der Waals surface area contributed by atoms with Gasteiger partial charge in [-0.05, 0) is 35.6 Å². The molecule has 27 heavy (non-hydrogen) atoms. The number of benzene rings is 1. The lowest BCUT2D eigenvalue weighted by Crippen LogP contribution is -2.26. The fourth-order valence-electron chi connectivity index (χ4n) is 2.49. The van der Waals surface area contributed by atoms with Gasteiger partial charge in [-0.15, -0.1) is 11.3 Å². The van der Waals surface area contributed by atoms with Crippen LogP contribution in [-0.4, -0.2) is 21.2 Å². The second-order valence-corrected chi connectivity index (χ2v) is 8.07. The molecule has 2 heterocycles. The van der Waals surface area contributed by atoms with E-state index in [4.69, 9.17) is 11.6 Å². The minimum atomic E-state index is -0.494. The van der Waals surface area contributed by atoms with E-state index in [-0.39, 0.29) is 28.8 Å². The van der Waals surface area contributed by atoms with Crippen molar-refractivity contribution in [1.82, 2.24) is 14.9 Å². The first-order chi connectivity index (χ1) is 13.0. The Morgan fingerprint density at radius 3 is 2.96 bits per heavy atom. The zero-order valence-electron chi connectivity index (χ0n) is 14.5. The molecule has 3 aromatic rings. The predicted octanol–water partition coefficient (Wildman–Crippen LogP) is 4.07. The van der Waals surface area contributed by atoms with Crippen LogP contribution >= 0.6 is 34.7 Å². The first-order valence-corrected chi connectivity index (χ1v) is 10.6. The fraction of sp³-hybridized carbons (Fsp3) is 0.278. The van der Waals surface area contributed by atoms with E-state index in [9.17, 15) is 14.0 Å². The molecule has 0 spiro atoms. The molecule has 0 aliphatic rings. The van der Waals surface area contributed by atoms with Gasteiger partial charge in [0.05, 0.1) is 16.3 Å². The third-order valence-corrected chi connectivity index (χ3v) is 5.94. The molecule has 0 atom stereocenters. The summed E-state index contributed by atoms with van der Waals surface area (Å²) in [5, 5.41) is 5.15. The van der Waals surface area contributed by atoms with E-state index < -0.39 is 5.82 Å². The van der Waals surface area contributed by atoms with Crippen molar-refractivity contribution in [2.75, 3.05) is 5.75 Å². The first-order valence-electron chi connectivity index (χ1n) is 8.31. The van der Waals surface area contributed by atoms with E-state index in [2.05, 4.69) is 10.3 Å². The highest BCUT2D eigenvalue weighted by molar-refractivity contribution is 7.99. The smallest absolute Gasteiger partial charge is 0.272 e. The number of hydrogen-bond acceptors (Lipinski definition) is 5. The number of rotatable bonds is 7. The molecule has 0 radical (unpaired) electrons. The topological polar surface area (TPSA) is 64.0 Å². The fourth-order valence-corrected chi connectivity index (χ4v) is 4.32. The molecule has 0 aliphatic heterocycles. The summed E-state index contributed by atoms with van der Waals surface area (Å²) in [6, 6.07) is 6.12. The highest BCUT2D eigenvalue weighted by Gasteiger charge is 2.13. The maximum Gasteiger partial charge on any atom is 0.272 e. The average molecular weight is 426 g/mol. The summed E-state index contributed by atoms with van der Waals surface area (Å²) in [5.74, 6) is -0.574. The molecule has 0 aliphatic carbocycles. The van der Waals surface area contributed by atoms with Crippen LogP contribution < -0.4 is 10.9 Å². The van der Waals surface area contributed by atoms with Crippen LogP contribution in [0.1, 0.15) is 18.9 Å². The van der Waals surface area contributed by atoms with Crippen LogP contribution in [0.15, 0.2) is 39.6 Å². The molecule has 0 unspecified atom stereocenters. The molecule has 0 bridgehead atoms. The molecule has 0 saturated heterocycles. The van der Waals surface area contributed by atoms with E-state index >= 15 is 0 Å². The number of amides is 1. The third kappa shape index (κ3) is 4.69. The SMILES string of the molecule is CCCn1c(SCC(=O)NCc2ccc(F)c(Cl)c2)nc2ccsc2c1=O. The van der Waals surface area contributed by atoms with Gasteiger partial charge >= 0.3 is 0 Å². The third-order valence-electron chi connectivity index (χ3n) is 3.78. The van der Waals surface area contributed by atoms with Gasteiger partial charge in [-0.25, -0.2) is 9.37 Å². The summed E-state index contributed by atoms with van der Waals surface area (Å²) in [4.78, 5) is 29.3.